The van der Waals surface area contributed by atoms with Gasteiger partial charge in [-0.15, -0.1) is 0 Å². The predicted molar refractivity (Wildman–Crippen MR) is 125 cm³/mol. The molecule has 2 aromatic rings. The number of carbonyl (C=O) groups is 2. The third kappa shape index (κ3) is 4.13. The number of nitrogens with one attached hydrogen (secondary N) is 2. The van der Waals surface area contributed by atoms with Crippen LogP contribution in [0.15, 0.2) is 24.3 Å². The van der Waals surface area contributed by atoms with Crippen LogP contribution in [0.25, 0.3) is 11.4 Å². The van der Waals surface area contributed by atoms with Gasteiger partial charge < -0.3 is 25.2 Å². The molecule has 9 heteroatoms. The van der Waals surface area contributed by atoms with E-state index in [0.717, 1.165) is 48.6 Å². The normalized spacial score (nSPS) is 22.1. The lowest BCUT2D eigenvalue weighted by molar-refractivity contribution is -0.129. The Morgan fingerprint density at radius 3 is 2.73 bits per heavy atom. The van der Waals surface area contributed by atoms with E-state index in [-0.39, 0.29) is 24.0 Å². The summed E-state index contributed by atoms with van der Waals surface area (Å²) < 4.78 is 5.66. The average molecular weight is 451 g/mol. The molecule has 0 spiro atoms. The molecule has 3 aliphatic heterocycles. The zero-order chi connectivity index (χ0) is 22.9. The number of morpholine rings is 1. The molecule has 0 aliphatic carbocycles. The van der Waals surface area contributed by atoms with Crippen molar-refractivity contribution >= 4 is 23.4 Å². The summed E-state index contributed by atoms with van der Waals surface area (Å²) in [6.07, 6.45) is 2.15. The second-order valence-electron chi connectivity index (χ2n) is 8.81. The van der Waals surface area contributed by atoms with Crippen molar-refractivity contribution in [2.24, 2.45) is 0 Å². The Bertz CT molecular complexity index is 1060. The first-order valence-electron chi connectivity index (χ1n) is 11.7. The zero-order valence-electron chi connectivity index (χ0n) is 19.1. The van der Waals surface area contributed by atoms with Crippen molar-refractivity contribution < 1.29 is 14.3 Å². The van der Waals surface area contributed by atoms with Gasteiger partial charge in [-0.05, 0) is 51.0 Å². The summed E-state index contributed by atoms with van der Waals surface area (Å²) in [5.41, 5.74) is 3.73. The molecule has 9 nitrogen and oxygen atoms in total. The van der Waals surface area contributed by atoms with E-state index < -0.39 is 0 Å². The molecule has 33 heavy (non-hydrogen) atoms. The molecule has 0 bridgehead atoms. The maximum absolute atomic E-state index is 12.4. The number of nitrogens with zero attached hydrogens (tertiary/aromatic N) is 4. The summed E-state index contributed by atoms with van der Waals surface area (Å²) in [5.74, 6) is 1.83. The molecule has 1 aromatic carbocycles. The number of anilines is 2. The maximum atomic E-state index is 12.4. The highest BCUT2D eigenvalue weighted by Gasteiger charge is 2.40. The smallest absolute Gasteiger partial charge is 0.319 e. The molecular weight excluding hydrogens is 420 g/mol. The van der Waals surface area contributed by atoms with Gasteiger partial charge in [-0.25, -0.2) is 14.8 Å². The lowest BCUT2D eigenvalue weighted by Gasteiger charge is -2.38. The molecule has 0 saturated carbocycles. The molecule has 4 heterocycles. The van der Waals surface area contributed by atoms with Gasteiger partial charge in [-0.1, -0.05) is 0 Å². The largest absolute Gasteiger partial charge is 0.377 e. The van der Waals surface area contributed by atoms with Gasteiger partial charge in [0.05, 0.1) is 31.0 Å². The average Bonchev–Trinajstić information content (AvgIpc) is 3.20. The van der Waals surface area contributed by atoms with Crippen LogP contribution in [-0.4, -0.2) is 65.7 Å². The summed E-state index contributed by atoms with van der Waals surface area (Å²) in [5, 5.41) is 5.54. The summed E-state index contributed by atoms with van der Waals surface area (Å²) in [7, 11) is 0. The first-order chi connectivity index (χ1) is 16.0. The second-order valence-corrected chi connectivity index (χ2v) is 8.81. The number of hydrogen-bond donors (Lipinski definition) is 2. The number of amides is 3. The number of hydrogen-bond acceptors (Lipinski definition) is 6. The summed E-state index contributed by atoms with van der Waals surface area (Å²) in [6.45, 7) is 7.45. The van der Waals surface area contributed by atoms with Crippen LogP contribution in [0.3, 0.4) is 0 Å². The molecule has 2 N–H and O–H groups in total. The van der Waals surface area contributed by atoms with E-state index >= 15 is 0 Å². The standard InChI is InChI=1S/C24H30N6O3/c1-3-25-24(32)26-17-6-4-16(5-7-17)22-27-21-18(10-11-30-19(21)8-9-20(30)31)23(28-22)29-12-13-33-14-15(29)2/h4-7,15,19H,3,8-14H2,1-2H3,(H2,25,26,32)/t15-,19?/m1/s1. The van der Waals surface area contributed by atoms with E-state index in [4.69, 9.17) is 14.7 Å². The highest BCUT2D eigenvalue weighted by atomic mass is 16.5. The molecule has 174 valence electrons. The Balaban J connectivity index is 1.53. The highest BCUT2D eigenvalue weighted by molar-refractivity contribution is 5.89. The fraction of sp³-hybridized carbons (Fsp3) is 0.500. The molecule has 3 aliphatic rings. The van der Waals surface area contributed by atoms with Crippen molar-refractivity contribution in [2.75, 3.05) is 43.1 Å². The fourth-order valence-corrected chi connectivity index (χ4v) is 4.98. The van der Waals surface area contributed by atoms with Crippen molar-refractivity contribution in [1.82, 2.24) is 20.2 Å². The van der Waals surface area contributed by atoms with Gasteiger partial charge in [0.15, 0.2) is 5.82 Å². The number of benzene rings is 1. The van der Waals surface area contributed by atoms with Gasteiger partial charge in [0.25, 0.3) is 0 Å². The van der Waals surface area contributed by atoms with E-state index in [0.29, 0.717) is 37.7 Å². The fourth-order valence-electron chi connectivity index (χ4n) is 4.98. The minimum Gasteiger partial charge on any atom is -0.377 e. The Morgan fingerprint density at radius 1 is 1.15 bits per heavy atom. The van der Waals surface area contributed by atoms with Gasteiger partial charge in [0, 0.05) is 42.9 Å². The topological polar surface area (TPSA) is 99.7 Å². The first-order valence-corrected chi connectivity index (χ1v) is 11.7. The molecule has 1 aromatic heterocycles. The van der Waals surface area contributed by atoms with Crippen LogP contribution in [-0.2, 0) is 16.0 Å². The second kappa shape index (κ2) is 8.97. The monoisotopic (exact) mass is 450 g/mol. The van der Waals surface area contributed by atoms with E-state index in [1.165, 1.54) is 0 Å². The van der Waals surface area contributed by atoms with E-state index in [1.54, 1.807) is 0 Å². The number of fused-ring (bicyclic) bond motifs is 3. The van der Waals surface area contributed by atoms with Gasteiger partial charge in [0.2, 0.25) is 5.91 Å². The highest BCUT2D eigenvalue weighted by Crippen LogP contribution is 2.41. The predicted octanol–water partition coefficient (Wildman–Crippen LogP) is 2.73. The van der Waals surface area contributed by atoms with Crippen LogP contribution in [0, 0.1) is 0 Å². The lowest BCUT2D eigenvalue weighted by atomic mass is 9.97. The van der Waals surface area contributed by atoms with Gasteiger partial charge >= 0.3 is 6.03 Å². The van der Waals surface area contributed by atoms with E-state index in [2.05, 4.69) is 22.5 Å². The van der Waals surface area contributed by atoms with Crippen molar-refractivity contribution in [3.8, 4) is 11.4 Å². The van der Waals surface area contributed by atoms with Gasteiger partial charge in [-0.2, -0.15) is 0 Å². The van der Waals surface area contributed by atoms with Crippen LogP contribution >= 0.6 is 0 Å². The zero-order valence-corrected chi connectivity index (χ0v) is 19.1. The number of ether oxygens (including phenoxy) is 1. The molecule has 0 radical (unpaired) electrons. The molecule has 5 rings (SSSR count). The Hall–Kier alpha value is -3.20. The van der Waals surface area contributed by atoms with Gasteiger partial charge in [-0.3, -0.25) is 4.79 Å². The summed E-state index contributed by atoms with van der Waals surface area (Å²) in [4.78, 5) is 38.6. The van der Waals surface area contributed by atoms with Crippen molar-refractivity contribution in [3.05, 3.63) is 35.5 Å². The molecule has 2 fully saturated rings. The maximum Gasteiger partial charge on any atom is 0.319 e. The first kappa shape index (κ1) is 21.6. The number of urea groups is 1. The molecule has 1 unspecified atom stereocenters. The van der Waals surface area contributed by atoms with Crippen molar-refractivity contribution in [2.45, 2.75) is 45.2 Å². The van der Waals surface area contributed by atoms with Gasteiger partial charge in [0.1, 0.15) is 5.82 Å². The van der Waals surface area contributed by atoms with Crippen LogP contribution in [0.2, 0.25) is 0 Å². The third-order valence-electron chi connectivity index (χ3n) is 6.64. The number of aromatic nitrogens is 2. The third-order valence-corrected chi connectivity index (χ3v) is 6.64. The molecule has 3 amide bonds. The van der Waals surface area contributed by atoms with Crippen LogP contribution < -0.4 is 15.5 Å². The van der Waals surface area contributed by atoms with E-state index in [1.807, 2.05) is 36.1 Å². The number of rotatable bonds is 4. The minimum atomic E-state index is -0.232. The quantitative estimate of drug-likeness (QED) is 0.743. The van der Waals surface area contributed by atoms with Crippen LogP contribution in [0.1, 0.15) is 44.0 Å². The van der Waals surface area contributed by atoms with Crippen molar-refractivity contribution in [1.29, 1.82) is 0 Å². The van der Waals surface area contributed by atoms with Crippen LogP contribution in [0.5, 0.6) is 0 Å². The number of carbonyl (C=O) groups excluding carboxylic acids is 2. The summed E-state index contributed by atoms with van der Waals surface area (Å²) >= 11 is 0. The lowest BCUT2D eigenvalue weighted by Crippen LogP contribution is -2.45. The SMILES string of the molecule is CCNC(=O)Nc1ccc(-c2nc3c(c(N4CCOC[C@H]4C)n2)CCN2C(=O)CCC32)cc1. The Morgan fingerprint density at radius 2 is 1.97 bits per heavy atom. The summed E-state index contributed by atoms with van der Waals surface area (Å²) in [6, 6.07) is 7.58. The Kier molecular flexibility index (Phi) is 5.88. The van der Waals surface area contributed by atoms with E-state index in [9.17, 15) is 9.59 Å². The van der Waals surface area contributed by atoms with Crippen molar-refractivity contribution in [3.63, 3.8) is 0 Å². The Labute approximate surface area is 193 Å². The molecule has 2 saturated heterocycles. The minimum absolute atomic E-state index is 0.0248. The molecular formula is C24H30N6O3. The van der Waals surface area contributed by atoms with Crippen LogP contribution in [0.4, 0.5) is 16.3 Å². The molecule has 2 atom stereocenters.